The molecule has 0 bridgehead atoms. The van der Waals surface area contributed by atoms with Gasteiger partial charge in [0.15, 0.2) is 11.5 Å². The van der Waals surface area contributed by atoms with Crippen LogP contribution < -0.4 is 9.47 Å². The number of fused-ring (bicyclic) bond motifs is 1. The molecule has 5 rings (SSSR count). The first kappa shape index (κ1) is 18.6. The van der Waals surface area contributed by atoms with Crippen molar-refractivity contribution in [3.63, 3.8) is 0 Å². The predicted octanol–water partition coefficient (Wildman–Crippen LogP) is 2.78. The van der Waals surface area contributed by atoms with E-state index in [1.165, 1.54) is 4.80 Å². The SMILES string of the molecule is Cc1ccccc1-c1nnn(CC(=O)N2CCCC2c2ccc3c(c2)OCCO3)n1. The number of hydrogen-bond acceptors (Lipinski definition) is 6. The van der Waals surface area contributed by atoms with Gasteiger partial charge in [-0.15, -0.1) is 10.2 Å². The Labute approximate surface area is 174 Å². The summed E-state index contributed by atoms with van der Waals surface area (Å²) in [7, 11) is 0. The maximum atomic E-state index is 13.0. The first-order valence-electron chi connectivity index (χ1n) is 10.2. The van der Waals surface area contributed by atoms with Gasteiger partial charge in [0.2, 0.25) is 11.7 Å². The van der Waals surface area contributed by atoms with E-state index >= 15 is 0 Å². The quantitative estimate of drug-likeness (QED) is 0.664. The van der Waals surface area contributed by atoms with Crippen LogP contribution in [0.4, 0.5) is 0 Å². The van der Waals surface area contributed by atoms with Crippen molar-refractivity contribution in [3.8, 4) is 22.9 Å². The highest BCUT2D eigenvalue weighted by molar-refractivity contribution is 5.76. The van der Waals surface area contributed by atoms with Crippen molar-refractivity contribution >= 4 is 5.91 Å². The summed E-state index contributed by atoms with van der Waals surface area (Å²) in [6, 6.07) is 13.8. The van der Waals surface area contributed by atoms with Crippen molar-refractivity contribution in [1.82, 2.24) is 25.1 Å². The van der Waals surface area contributed by atoms with E-state index in [0.717, 1.165) is 47.6 Å². The van der Waals surface area contributed by atoms with Crippen molar-refractivity contribution in [3.05, 3.63) is 53.6 Å². The Bertz CT molecular complexity index is 1080. The van der Waals surface area contributed by atoms with Gasteiger partial charge in [-0.1, -0.05) is 30.3 Å². The molecule has 1 aromatic heterocycles. The Morgan fingerprint density at radius 1 is 1.13 bits per heavy atom. The molecule has 1 fully saturated rings. The van der Waals surface area contributed by atoms with Crippen LogP contribution in [0.25, 0.3) is 11.4 Å². The average molecular weight is 405 g/mol. The van der Waals surface area contributed by atoms with Crippen LogP contribution >= 0.6 is 0 Å². The molecular weight excluding hydrogens is 382 g/mol. The van der Waals surface area contributed by atoms with Crippen molar-refractivity contribution in [1.29, 1.82) is 0 Å². The molecule has 1 amide bonds. The summed E-state index contributed by atoms with van der Waals surface area (Å²) in [5.74, 6) is 2.03. The lowest BCUT2D eigenvalue weighted by Crippen LogP contribution is -2.34. The van der Waals surface area contributed by atoms with Crippen LogP contribution in [-0.2, 0) is 11.3 Å². The number of ether oxygens (including phenoxy) is 2. The average Bonchev–Trinajstić information content (AvgIpc) is 3.43. The molecule has 1 saturated heterocycles. The van der Waals surface area contributed by atoms with Crippen LogP contribution in [-0.4, -0.2) is 50.8 Å². The number of tetrazole rings is 1. The summed E-state index contributed by atoms with van der Waals surface area (Å²) < 4.78 is 11.3. The first-order chi connectivity index (χ1) is 14.7. The summed E-state index contributed by atoms with van der Waals surface area (Å²) in [6.07, 6.45) is 1.88. The van der Waals surface area contributed by atoms with Crippen LogP contribution in [0.3, 0.4) is 0 Å². The first-order valence-corrected chi connectivity index (χ1v) is 10.2. The summed E-state index contributed by atoms with van der Waals surface area (Å²) in [6.45, 7) is 3.90. The number of benzene rings is 2. The standard InChI is InChI=1S/C22H23N5O3/c1-15-5-2-3-6-17(15)22-23-25-27(24-22)14-21(28)26-10-4-7-18(26)16-8-9-19-20(13-16)30-12-11-29-19/h2-3,5-6,8-9,13,18H,4,7,10-12,14H2,1H3. The van der Waals surface area contributed by atoms with Crippen LogP contribution in [0.1, 0.15) is 30.0 Å². The Morgan fingerprint density at radius 3 is 2.83 bits per heavy atom. The molecule has 2 aromatic carbocycles. The zero-order valence-corrected chi connectivity index (χ0v) is 16.8. The van der Waals surface area contributed by atoms with Gasteiger partial charge in [-0.3, -0.25) is 4.79 Å². The van der Waals surface area contributed by atoms with Crippen molar-refractivity contribution in [2.45, 2.75) is 32.4 Å². The van der Waals surface area contributed by atoms with E-state index < -0.39 is 0 Å². The zero-order valence-electron chi connectivity index (χ0n) is 16.8. The Balaban J connectivity index is 1.32. The second kappa shape index (κ2) is 7.78. The van der Waals surface area contributed by atoms with E-state index in [9.17, 15) is 4.79 Å². The van der Waals surface area contributed by atoms with Gasteiger partial charge < -0.3 is 14.4 Å². The molecule has 0 radical (unpaired) electrons. The fourth-order valence-electron chi connectivity index (χ4n) is 4.13. The normalized spacial score (nSPS) is 17.9. The third-order valence-electron chi connectivity index (χ3n) is 5.64. The predicted molar refractivity (Wildman–Crippen MR) is 109 cm³/mol. The second-order valence-electron chi connectivity index (χ2n) is 7.61. The van der Waals surface area contributed by atoms with Crippen molar-refractivity contribution in [2.75, 3.05) is 19.8 Å². The number of likely N-dealkylation sites (tertiary alicyclic amines) is 1. The molecule has 154 valence electrons. The molecule has 0 aliphatic carbocycles. The summed E-state index contributed by atoms with van der Waals surface area (Å²) in [4.78, 5) is 16.3. The summed E-state index contributed by atoms with van der Waals surface area (Å²) >= 11 is 0. The highest BCUT2D eigenvalue weighted by Gasteiger charge is 2.31. The van der Waals surface area contributed by atoms with Gasteiger partial charge in [-0.2, -0.15) is 4.80 Å². The van der Waals surface area contributed by atoms with E-state index in [0.29, 0.717) is 19.0 Å². The van der Waals surface area contributed by atoms with Gasteiger partial charge in [0.25, 0.3) is 0 Å². The third kappa shape index (κ3) is 3.49. The number of aryl methyl sites for hydroxylation is 1. The molecule has 1 unspecified atom stereocenters. The number of amides is 1. The van der Waals surface area contributed by atoms with Gasteiger partial charge in [-0.25, -0.2) is 0 Å². The maximum absolute atomic E-state index is 13.0. The van der Waals surface area contributed by atoms with E-state index in [4.69, 9.17) is 9.47 Å². The minimum atomic E-state index is -0.0128. The van der Waals surface area contributed by atoms with Crippen molar-refractivity contribution < 1.29 is 14.3 Å². The zero-order chi connectivity index (χ0) is 20.5. The molecule has 30 heavy (non-hydrogen) atoms. The van der Waals surface area contributed by atoms with E-state index in [-0.39, 0.29) is 18.5 Å². The fourth-order valence-corrected chi connectivity index (χ4v) is 4.13. The lowest BCUT2D eigenvalue weighted by Gasteiger charge is -2.26. The van der Waals surface area contributed by atoms with E-state index in [2.05, 4.69) is 15.4 Å². The lowest BCUT2D eigenvalue weighted by molar-refractivity contribution is -0.133. The number of aromatic nitrogens is 4. The van der Waals surface area contributed by atoms with Gasteiger partial charge in [0, 0.05) is 12.1 Å². The van der Waals surface area contributed by atoms with E-state index in [1.54, 1.807) is 0 Å². The number of carbonyl (C=O) groups excluding carboxylic acids is 1. The van der Waals surface area contributed by atoms with Crippen LogP contribution in [0.2, 0.25) is 0 Å². The molecular formula is C22H23N5O3. The minimum absolute atomic E-state index is 0.0128. The van der Waals surface area contributed by atoms with Crippen molar-refractivity contribution in [2.24, 2.45) is 0 Å². The fraction of sp³-hybridized carbons (Fsp3) is 0.364. The molecule has 3 aromatic rings. The Morgan fingerprint density at radius 2 is 1.97 bits per heavy atom. The van der Waals surface area contributed by atoms with Crippen LogP contribution in [0, 0.1) is 6.92 Å². The summed E-state index contributed by atoms with van der Waals surface area (Å²) in [5.41, 5.74) is 3.06. The molecule has 8 heteroatoms. The number of rotatable bonds is 4. The molecule has 3 heterocycles. The maximum Gasteiger partial charge on any atom is 0.246 e. The third-order valence-corrected chi connectivity index (χ3v) is 5.64. The van der Waals surface area contributed by atoms with Crippen LogP contribution in [0.5, 0.6) is 11.5 Å². The molecule has 2 aliphatic heterocycles. The van der Waals surface area contributed by atoms with Crippen LogP contribution in [0.15, 0.2) is 42.5 Å². The number of hydrogen-bond donors (Lipinski definition) is 0. The summed E-state index contributed by atoms with van der Waals surface area (Å²) in [5, 5.41) is 12.6. The monoisotopic (exact) mass is 405 g/mol. The van der Waals surface area contributed by atoms with Gasteiger partial charge in [0.1, 0.15) is 19.8 Å². The Kier molecular flexibility index (Phi) is 4.82. The minimum Gasteiger partial charge on any atom is -0.486 e. The molecule has 0 N–H and O–H groups in total. The Hall–Kier alpha value is -3.42. The number of nitrogens with zero attached hydrogens (tertiary/aromatic N) is 5. The van der Waals surface area contributed by atoms with Gasteiger partial charge in [0.05, 0.1) is 6.04 Å². The highest BCUT2D eigenvalue weighted by Crippen LogP contribution is 2.38. The largest absolute Gasteiger partial charge is 0.486 e. The molecule has 0 spiro atoms. The highest BCUT2D eigenvalue weighted by atomic mass is 16.6. The van der Waals surface area contributed by atoms with Gasteiger partial charge in [-0.05, 0) is 48.2 Å². The number of carbonyl (C=O) groups is 1. The molecule has 0 saturated carbocycles. The lowest BCUT2D eigenvalue weighted by atomic mass is 10.0. The van der Waals surface area contributed by atoms with E-state index in [1.807, 2.05) is 54.3 Å². The van der Waals surface area contributed by atoms with Gasteiger partial charge >= 0.3 is 0 Å². The molecule has 2 aliphatic rings. The molecule has 8 nitrogen and oxygen atoms in total. The second-order valence-corrected chi connectivity index (χ2v) is 7.61. The molecule has 1 atom stereocenters. The topological polar surface area (TPSA) is 82.4 Å². The smallest absolute Gasteiger partial charge is 0.246 e.